The van der Waals surface area contributed by atoms with E-state index in [1.54, 1.807) is 5.01 Å². The molecule has 0 saturated carbocycles. The van der Waals surface area contributed by atoms with Crippen LogP contribution in [0.4, 0.5) is 0 Å². The zero-order valence-corrected chi connectivity index (χ0v) is 7.67. The maximum absolute atomic E-state index is 5.45. The maximum atomic E-state index is 5.45. The molecule has 0 aromatic heterocycles. The fourth-order valence-electron chi connectivity index (χ4n) is 0.804. The highest BCUT2D eigenvalue weighted by molar-refractivity contribution is 5.18. The molecule has 0 bridgehead atoms. The summed E-state index contributed by atoms with van der Waals surface area (Å²) >= 11 is 0. The van der Waals surface area contributed by atoms with Crippen molar-refractivity contribution in [3.8, 4) is 0 Å². The number of nitrogens with zero attached hydrogens (tertiary/aromatic N) is 1. The van der Waals surface area contributed by atoms with E-state index in [1.807, 2.05) is 13.1 Å². The lowest BCUT2D eigenvalue weighted by Crippen LogP contribution is -2.26. The molecule has 0 spiro atoms. The second kappa shape index (κ2) is 5.10. The predicted molar refractivity (Wildman–Crippen MR) is 49.9 cm³/mol. The SMILES string of the molecule is C=C/C(=C\CN(C)N)C(C)C. The van der Waals surface area contributed by atoms with Crippen LogP contribution in [0.1, 0.15) is 13.8 Å². The zero-order chi connectivity index (χ0) is 8.85. The lowest BCUT2D eigenvalue weighted by molar-refractivity contribution is 0.388. The summed E-state index contributed by atoms with van der Waals surface area (Å²) in [6.45, 7) is 8.80. The van der Waals surface area contributed by atoms with E-state index >= 15 is 0 Å². The number of likely N-dealkylation sites (N-methyl/N-ethyl adjacent to an activating group) is 1. The summed E-state index contributed by atoms with van der Waals surface area (Å²) in [5.41, 5.74) is 1.25. The molecule has 0 heterocycles. The molecule has 0 unspecified atom stereocenters. The van der Waals surface area contributed by atoms with E-state index in [0.717, 1.165) is 6.54 Å². The minimum absolute atomic E-state index is 0.535. The van der Waals surface area contributed by atoms with Crippen molar-refractivity contribution < 1.29 is 0 Å². The van der Waals surface area contributed by atoms with E-state index in [2.05, 4.69) is 26.5 Å². The van der Waals surface area contributed by atoms with Crippen molar-refractivity contribution in [2.75, 3.05) is 13.6 Å². The van der Waals surface area contributed by atoms with E-state index < -0.39 is 0 Å². The first-order valence-electron chi connectivity index (χ1n) is 3.86. The van der Waals surface area contributed by atoms with Gasteiger partial charge in [0.25, 0.3) is 0 Å². The van der Waals surface area contributed by atoms with Gasteiger partial charge in [-0.25, -0.2) is 5.01 Å². The highest BCUT2D eigenvalue weighted by atomic mass is 15.4. The second-order valence-electron chi connectivity index (χ2n) is 3.00. The molecule has 64 valence electrons. The molecule has 2 N–H and O–H groups in total. The normalized spacial score (nSPS) is 12.7. The Morgan fingerprint density at radius 1 is 1.64 bits per heavy atom. The van der Waals surface area contributed by atoms with Gasteiger partial charge in [0.05, 0.1) is 0 Å². The maximum Gasteiger partial charge on any atom is 0.0311 e. The van der Waals surface area contributed by atoms with Crippen molar-refractivity contribution in [2.24, 2.45) is 11.8 Å². The second-order valence-corrected chi connectivity index (χ2v) is 3.00. The Labute approximate surface area is 69.3 Å². The Hall–Kier alpha value is -0.600. The van der Waals surface area contributed by atoms with E-state index in [-0.39, 0.29) is 0 Å². The molecule has 0 aromatic rings. The summed E-state index contributed by atoms with van der Waals surface area (Å²) in [4.78, 5) is 0. The Morgan fingerprint density at radius 2 is 2.18 bits per heavy atom. The summed E-state index contributed by atoms with van der Waals surface area (Å²) in [5.74, 6) is 5.98. The van der Waals surface area contributed by atoms with Crippen LogP contribution in [0.5, 0.6) is 0 Å². The molecule has 0 aliphatic carbocycles. The molecule has 0 rings (SSSR count). The summed E-state index contributed by atoms with van der Waals surface area (Å²) in [5, 5.41) is 1.64. The standard InChI is InChI=1S/C9H18N2/c1-5-9(8(2)3)6-7-11(4)10/h5-6,8H,1,7,10H2,2-4H3/b9-6+. The van der Waals surface area contributed by atoms with Crippen LogP contribution in [-0.2, 0) is 0 Å². The first-order valence-corrected chi connectivity index (χ1v) is 3.86. The smallest absolute Gasteiger partial charge is 0.0311 e. The van der Waals surface area contributed by atoms with E-state index in [1.165, 1.54) is 5.57 Å². The Bertz CT molecular complexity index is 146. The summed E-state index contributed by atoms with van der Waals surface area (Å²) < 4.78 is 0. The van der Waals surface area contributed by atoms with Gasteiger partial charge in [-0.3, -0.25) is 5.84 Å². The van der Waals surface area contributed by atoms with Crippen molar-refractivity contribution in [3.05, 3.63) is 24.3 Å². The van der Waals surface area contributed by atoms with Crippen LogP contribution in [0, 0.1) is 5.92 Å². The molecular formula is C9H18N2. The van der Waals surface area contributed by atoms with Crippen molar-refractivity contribution in [2.45, 2.75) is 13.8 Å². The van der Waals surface area contributed by atoms with Gasteiger partial charge in [0, 0.05) is 13.6 Å². The van der Waals surface area contributed by atoms with Gasteiger partial charge >= 0.3 is 0 Å². The lowest BCUT2D eigenvalue weighted by atomic mass is 10.0. The highest BCUT2D eigenvalue weighted by Crippen LogP contribution is 2.09. The number of hydrogen-bond acceptors (Lipinski definition) is 2. The molecular weight excluding hydrogens is 136 g/mol. The van der Waals surface area contributed by atoms with Gasteiger partial charge in [0.1, 0.15) is 0 Å². The van der Waals surface area contributed by atoms with Gasteiger partial charge in [-0.15, -0.1) is 0 Å². The van der Waals surface area contributed by atoms with Crippen molar-refractivity contribution in [3.63, 3.8) is 0 Å². The molecule has 2 heteroatoms. The molecule has 2 nitrogen and oxygen atoms in total. The van der Waals surface area contributed by atoms with Gasteiger partial charge in [0.15, 0.2) is 0 Å². The average molecular weight is 154 g/mol. The fraction of sp³-hybridized carbons (Fsp3) is 0.556. The molecule has 11 heavy (non-hydrogen) atoms. The molecule has 0 radical (unpaired) electrons. The van der Waals surface area contributed by atoms with Crippen LogP contribution in [0.15, 0.2) is 24.3 Å². The van der Waals surface area contributed by atoms with Gasteiger partial charge in [-0.1, -0.05) is 32.6 Å². The molecule has 0 aliphatic rings. The number of nitrogens with two attached hydrogens (primary N) is 1. The quantitative estimate of drug-likeness (QED) is 0.378. The molecule has 0 amide bonds. The van der Waals surface area contributed by atoms with Crippen molar-refractivity contribution in [1.29, 1.82) is 0 Å². The number of hydrazine groups is 1. The molecule has 0 fully saturated rings. The first-order chi connectivity index (χ1) is 5.07. The zero-order valence-electron chi connectivity index (χ0n) is 7.67. The van der Waals surface area contributed by atoms with Crippen LogP contribution in [-0.4, -0.2) is 18.6 Å². The van der Waals surface area contributed by atoms with Crippen LogP contribution >= 0.6 is 0 Å². The summed E-state index contributed by atoms with van der Waals surface area (Å²) in [7, 11) is 1.84. The van der Waals surface area contributed by atoms with Gasteiger partial charge < -0.3 is 0 Å². The van der Waals surface area contributed by atoms with Crippen LogP contribution in [0.3, 0.4) is 0 Å². The van der Waals surface area contributed by atoms with E-state index in [4.69, 9.17) is 5.84 Å². The Morgan fingerprint density at radius 3 is 2.45 bits per heavy atom. The van der Waals surface area contributed by atoms with Crippen molar-refractivity contribution in [1.82, 2.24) is 5.01 Å². The number of hydrogen-bond donors (Lipinski definition) is 1. The van der Waals surface area contributed by atoms with Gasteiger partial charge in [-0.05, 0) is 11.5 Å². The highest BCUT2D eigenvalue weighted by Gasteiger charge is 1.97. The number of rotatable bonds is 4. The molecule has 0 saturated heterocycles. The van der Waals surface area contributed by atoms with Gasteiger partial charge in [-0.2, -0.15) is 0 Å². The van der Waals surface area contributed by atoms with Gasteiger partial charge in [0.2, 0.25) is 0 Å². The van der Waals surface area contributed by atoms with Crippen molar-refractivity contribution >= 4 is 0 Å². The minimum atomic E-state index is 0.535. The molecule has 0 aliphatic heterocycles. The van der Waals surface area contributed by atoms with E-state index in [0.29, 0.717) is 5.92 Å². The Balaban J connectivity index is 4.01. The number of allylic oxidation sites excluding steroid dienone is 2. The predicted octanol–water partition coefficient (Wildman–Crippen LogP) is 1.56. The topological polar surface area (TPSA) is 29.3 Å². The monoisotopic (exact) mass is 154 g/mol. The first kappa shape index (κ1) is 10.4. The summed E-state index contributed by atoms with van der Waals surface area (Å²) in [6, 6.07) is 0. The third-order valence-electron chi connectivity index (χ3n) is 1.52. The minimum Gasteiger partial charge on any atom is -0.269 e. The van der Waals surface area contributed by atoms with Crippen LogP contribution < -0.4 is 5.84 Å². The van der Waals surface area contributed by atoms with Crippen LogP contribution in [0.2, 0.25) is 0 Å². The Kier molecular flexibility index (Phi) is 4.83. The third kappa shape index (κ3) is 4.76. The summed E-state index contributed by atoms with van der Waals surface area (Å²) in [6.07, 6.45) is 3.98. The molecule has 0 aromatic carbocycles. The average Bonchev–Trinajstić information content (AvgIpc) is 1.87. The van der Waals surface area contributed by atoms with Crippen LogP contribution in [0.25, 0.3) is 0 Å². The van der Waals surface area contributed by atoms with E-state index in [9.17, 15) is 0 Å². The largest absolute Gasteiger partial charge is 0.269 e. The lowest BCUT2D eigenvalue weighted by Gasteiger charge is -2.09. The fourth-order valence-corrected chi connectivity index (χ4v) is 0.804. The molecule has 0 atom stereocenters. The third-order valence-corrected chi connectivity index (χ3v) is 1.52.